The van der Waals surface area contributed by atoms with Crippen molar-refractivity contribution in [2.24, 2.45) is 0 Å². The van der Waals surface area contributed by atoms with Gasteiger partial charge in [0.2, 0.25) is 0 Å². The lowest BCUT2D eigenvalue weighted by Gasteiger charge is -1.93. The molecule has 3 heteroatoms. The van der Waals surface area contributed by atoms with E-state index in [4.69, 9.17) is 5.73 Å². The highest BCUT2D eigenvalue weighted by Crippen LogP contribution is 2.07. The number of hydrogen-bond donors (Lipinski definition) is 1. The van der Waals surface area contributed by atoms with Crippen molar-refractivity contribution >= 4 is 11.8 Å². The van der Waals surface area contributed by atoms with Gasteiger partial charge in [0.1, 0.15) is 5.50 Å². The van der Waals surface area contributed by atoms with E-state index in [1.165, 1.54) is 0 Å². The molecule has 0 bridgehead atoms. The molecule has 2 nitrogen and oxygen atoms in total. The molecular weight excluding hydrogens is 96.1 g/mol. The maximum atomic E-state index is 6.98. The van der Waals surface area contributed by atoms with Crippen molar-refractivity contribution in [1.29, 1.82) is 0 Å². The average Bonchev–Trinajstić information content (AvgIpc) is 1.86. The highest BCUT2D eigenvalue weighted by Gasteiger charge is 2.07. The summed E-state index contributed by atoms with van der Waals surface area (Å²) in [5.41, 5.74) is 6.95. The minimum absolute atomic E-state index is 0.0370. The summed E-state index contributed by atoms with van der Waals surface area (Å²) in [4.78, 5) is 0. The van der Waals surface area contributed by atoms with Gasteiger partial charge in [-0.25, -0.2) is 5.73 Å². The third kappa shape index (κ3) is 0.864. The number of hydrogen-bond acceptors (Lipinski definition) is 2. The fourth-order valence-electron chi connectivity index (χ4n) is 0.426. The summed E-state index contributed by atoms with van der Waals surface area (Å²) in [5, 5.41) is 2.95. The van der Waals surface area contributed by atoms with Crippen molar-refractivity contribution in [3.63, 3.8) is 0 Å². The van der Waals surface area contributed by atoms with Gasteiger partial charge in [0.15, 0.2) is 0 Å². The molecule has 1 saturated heterocycles. The zero-order valence-electron chi connectivity index (χ0n) is 3.40. The van der Waals surface area contributed by atoms with Crippen molar-refractivity contribution in [3.8, 4) is 0 Å². The first-order valence-corrected chi connectivity index (χ1v) is 3.00. The van der Waals surface area contributed by atoms with Crippen LogP contribution in [-0.2, 0) is 0 Å². The summed E-state index contributed by atoms with van der Waals surface area (Å²) >= 11 is 1.65. The molecule has 1 fully saturated rings. The second-order valence-corrected chi connectivity index (χ2v) is 2.42. The van der Waals surface area contributed by atoms with Crippen LogP contribution in [0, 0.1) is 0 Å². The van der Waals surface area contributed by atoms with Gasteiger partial charge >= 0.3 is 0 Å². The van der Waals surface area contributed by atoms with Gasteiger partial charge in [-0.3, -0.25) is 5.32 Å². The van der Waals surface area contributed by atoms with Crippen LogP contribution in [0.3, 0.4) is 0 Å². The molecule has 1 aliphatic rings. The van der Waals surface area contributed by atoms with E-state index in [1.807, 2.05) is 0 Å². The molecule has 1 rings (SSSR count). The maximum absolute atomic E-state index is 6.98. The molecule has 0 aliphatic carbocycles. The van der Waals surface area contributed by atoms with Crippen molar-refractivity contribution < 1.29 is 0 Å². The summed E-state index contributed by atoms with van der Waals surface area (Å²) < 4.78 is 0. The Bertz CT molecular complexity index is 42.1. The van der Waals surface area contributed by atoms with Gasteiger partial charge in [-0.15, -0.1) is 11.8 Å². The fraction of sp³-hybridized carbons (Fsp3) is 1.00. The Balaban J connectivity index is 2.18. The molecule has 1 heterocycles. The molecule has 35 valence electrons. The van der Waals surface area contributed by atoms with Crippen LogP contribution in [0.15, 0.2) is 0 Å². The van der Waals surface area contributed by atoms with Gasteiger partial charge in [0, 0.05) is 12.3 Å². The van der Waals surface area contributed by atoms with E-state index < -0.39 is 0 Å². The van der Waals surface area contributed by atoms with Crippen LogP contribution in [0.5, 0.6) is 0 Å². The lowest BCUT2D eigenvalue weighted by Crippen LogP contribution is -2.19. The molecule has 0 aromatic carbocycles. The van der Waals surface area contributed by atoms with E-state index in [9.17, 15) is 0 Å². The maximum Gasteiger partial charge on any atom is 0.118 e. The Morgan fingerprint density at radius 2 is 2.67 bits per heavy atom. The molecule has 0 aromatic rings. The van der Waals surface area contributed by atoms with Crippen LogP contribution < -0.4 is 11.1 Å². The van der Waals surface area contributed by atoms with E-state index in [-0.39, 0.29) is 5.50 Å². The third-order valence-corrected chi connectivity index (χ3v) is 1.66. The second kappa shape index (κ2) is 1.82. The van der Waals surface area contributed by atoms with Crippen molar-refractivity contribution in [3.05, 3.63) is 0 Å². The van der Waals surface area contributed by atoms with Crippen LogP contribution in [0.25, 0.3) is 0 Å². The molecule has 0 spiro atoms. The van der Waals surface area contributed by atoms with Crippen LogP contribution >= 0.6 is 11.8 Å². The van der Waals surface area contributed by atoms with Gasteiger partial charge < -0.3 is 0 Å². The van der Waals surface area contributed by atoms with Gasteiger partial charge in [-0.05, 0) is 0 Å². The van der Waals surface area contributed by atoms with E-state index in [2.05, 4.69) is 5.32 Å². The van der Waals surface area contributed by atoms with Gasteiger partial charge in [-0.1, -0.05) is 0 Å². The first-order valence-electron chi connectivity index (χ1n) is 1.96. The standard InChI is InChI=1S/C3H7N2S/c4-3-5-1-2-6-3/h3-5H,1-2H2. The summed E-state index contributed by atoms with van der Waals surface area (Å²) in [6.07, 6.45) is 0. The molecule has 0 amide bonds. The number of thioether (sulfide) groups is 1. The predicted octanol–water partition coefficient (Wildman–Crippen LogP) is -0.111. The average molecular weight is 103 g/mol. The Labute approximate surface area is 41.5 Å². The van der Waals surface area contributed by atoms with Gasteiger partial charge in [0.25, 0.3) is 0 Å². The molecular formula is C3H7N2S. The molecule has 0 saturated carbocycles. The SMILES string of the molecule is [NH]C1NCCS1. The Hall–Kier alpha value is 0.270. The zero-order chi connectivity index (χ0) is 4.41. The van der Waals surface area contributed by atoms with Gasteiger partial charge in [-0.2, -0.15) is 0 Å². The molecule has 1 aliphatic heterocycles. The number of rotatable bonds is 0. The molecule has 1 atom stereocenters. The van der Waals surface area contributed by atoms with E-state index in [0.717, 1.165) is 12.3 Å². The molecule has 1 radical (unpaired) electrons. The Morgan fingerprint density at radius 1 is 1.83 bits per heavy atom. The lowest BCUT2D eigenvalue weighted by molar-refractivity contribution is 0.721. The highest BCUT2D eigenvalue weighted by atomic mass is 32.2. The largest absolute Gasteiger partial charge is 0.292 e. The van der Waals surface area contributed by atoms with Crippen LogP contribution in [-0.4, -0.2) is 17.8 Å². The fourth-order valence-corrected chi connectivity index (χ4v) is 1.13. The normalized spacial score (nSPS) is 34.5. The van der Waals surface area contributed by atoms with Crippen molar-refractivity contribution in [1.82, 2.24) is 11.1 Å². The monoisotopic (exact) mass is 103 g/mol. The lowest BCUT2D eigenvalue weighted by atomic mass is 10.8. The van der Waals surface area contributed by atoms with Crippen LogP contribution in [0.1, 0.15) is 0 Å². The first kappa shape index (κ1) is 4.43. The van der Waals surface area contributed by atoms with Crippen LogP contribution in [0.4, 0.5) is 0 Å². The molecule has 0 aromatic heterocycles. The van der Waals surface area contributed by atoms with Crippen molar-refractivity contribution in [2.45, 2.75) is 5.50 Å². The first-order chi connectivity index (χ1) is 2.89. The van der Waals surface area contributed by atoms with Gasteiger partial charge in [0.05, 0.1) is 0 Å². The van der Waals surface area contributed by atoms with E-state index in [1.54, 1.807) is 11.8 Å². The molecule has 6 heavy (non-hydrogen) atoms. The minimum Gasteiger partial charge on any atom is -0.292 e. The Morgan fingerprint density at radius 3 is 2.83 bits per heavy atom. The topological polar surface area (TPSA) is 35.8 Å². The molecule has 1 unspecified atom stereocenters. The van der Waals surface area contributed by atoms with Crippen LogP contribution in [0.2, 0.25) is 0 Å². The predicted molar refractivity (Wildman–Crippen MR) is 27.3 cm³/mol. The highest BCUT2D eigenvalue weighted by molar-refractivity contribution is 8.00. The summed E-state index contributed by atoms with van der Waals surface area (Å²) in [6, 6.07) is 0. The quantitative estimate of drug-likeness (QED) is 0.464. The third-order valence-electron chi connectivity index (χ3n) is 0.716. The van der Waals surface area contributed by atoms with E-state index >= 15 is 0 Å². The molecule has 2 N–H and O–H groups in total. The Kier molecular flexibility index (Phi) is 1.34. The van der Waals surface area contributed by atoms with Crippen molar-refractivity contribution in [2.75, 3.05) is 12.3 Å². The summed E-state index contributed by atoms with van der Waals surface area (Å²) in [5.74, 6) is 1.11. The van der Waals surface area contributed by atoms with E-state index in [0.29, 0.717) is 0 Å². The smallest absolute Gasteiger partial charge is 0.118 e. The zero-order valence-corrected chi connectivity index (χ0v) is 4.22. The summed E-state index contributed by atoms with van der Waals surface area (Å²) in [7, 11) is 0. The second-order valence-electron chi connectivity index (χ2n) is 1.20. The number of nitrogens with one attached hydrogen (secondary N) is 2. The minimum atomic E-state index is -0.0370. The summed E-state index contributed by atoms with van der Waals surface area (Å²) in [6.45, 7) is 1.01.